The zero-order valence-electron chi connectivity index (χ0n) is 13.6. The van der Waals surface area contributed by atoms with Gasteiger partial charge in [0.25, 0.3) is 0 Å². The maximum atomic E-state index is 12.1. The molecule has 0 saturated carbocycles. The molecule has 4 aliphatic heterocycles. The Balaban J connectivity index is 1.48. The first-order valence-electron chi connectivity index (χ1n) is 8.37. The highest BCUT2D eigenvalue weighted by atomic mass is 16.6. The summed E-state index contributed by atoms with van der Waals surface area (Å²) in [5.41, 5.74) is -0.404. The smallest absolute Gasteiger partial charge is 0.410 e. The molecule has 0 aromatic rings. The number of likely N-dealkylation sites (tertiary alicyclic amines) is 1. The van der Waals surface area contributed by atoms with Crippen LogP contribution < -0.4 is 5.32 Å². The number of ether oxygens (including phenoxy) is 1. The van der Waals surface area contributed by atoms with Crippen molar-refractivity contribution >= 4 is 6.09 Å². The van der Waals surface area contributed by atoms with Gasteiger partial charge in [-0.2, -0.15) is 0 Å². The van der Waals surface area contributed by atoms with E-state index in [1.807, 2.05) is 25.7 Å². The van der Waals surface area contributed by atoms with Crippen LogP contribution in [-0.2, 0) is 4.74 Å². The van der Waals surface area contributed by atoms with E-state index >= 15 is 0 Å². The van der Waals surface area contributed by atoms with Gasteiger partial charge >= 0.3 is 6.09 Å². The molecular formula is C16H29N3O2. The molecule has 2 unspecified atom stereocenters. The average molecular weight is 295 g/mol. The summed E-state index contributed by atoms with van der Waals surface area (Å²) < 4.78 is 5.46. The standard InChI is InChI=1S/C16H29N3O2/c1-16(2,3)21-15(20)19-9-6-13(10-19)17-14-11-18-7-4-12(14)5-8-18/h12-14,17H,4-11H2,1-3H3. The zero-order valence-corrected chi connectivity index (χ0v) is 13.6. The predicted molar refractivity (Wildman–Crippen MR) is 82.3 cm³/mol. The van der Waals surface area contributed by atoms with Gasteiger partial charge in [-0.3, -0.25) is 0 Å². The maximum Gasteiger partial charge on any atom is 0.410 e. The van der Waals surface area contributed by atoms with E-state index in [4.69, 9.17) is 4.74 Å². The van der Waals surface area contributed by atoms with Crippen molar-refractivity contribution < 1.29 is 9.53 Å². The Kier molecular flexibility index (Phi) is 4.14. The fourth-order valence-corrected chi connectivity index (χ4v) is 3.85. The maximum absolute atomic E-state index is 12.1. The van der Waals surface area contributed by atoms with Gasteiger partial charge < -0.3 is 19.9 Å². The first-order valence-corrected chi connectivity index (χ1v) is 8.37. The predicted octanol–water partition coefficient (Wildman–Crippen LogP) is 1.68. The summed E-state index contributed by atoms with van der Waals surface area (Å²) in [5.74, 6) is 0.838. The fourth-order valence-electron chi connectivity index (χ4n) is 3.85. The lowest BCUT2D eigenvalue weighted by Crippen LogP contribution is -2.58. The molecule has 1 amide bonds. The van der Waals surface area contributed by atoms with Crippen LogP contribution in [0.5, 0.6) is 0 Å². The van der Waals surface area contributed by atoms with Crippen molar-refractivity contribution in [2.24, 2.45) is 5.92 Å². The number of hydrogen-bond donors (Lipinski definition) is 1. The third-order valence-corrected chi connectivity index (χ3v) is 4.95. The van der Waals surface area contributed by atoms with E-state index in [2.05, 4.69) is 10.2 Å². The first kappa shape index (κ1) is 15.1. The monoisotopic (exact) mass is 295 g/mol. The van der Waals surface area contributed by atoms with Crippen molar-refractivity contribution in [3.05, 3.63) is 0 Å². The highest BCUT2D eigenvalue weighted by Gasteiger charge is 2.37. The van der Waals surface area contributed by atoms with Gasteiger partial charge in [0.15, 0.2) is 0 Å². The minimum atomic E-state index is -0.404. The second kappa shape index (κ2) is 5.76. The number of fused-ring (bicyclic) bond motifs is 3. The molecule has 21 heavy (non-hydrogen) atoms. The highest BCUT2D eigenvalue weighted by Crippen LogP contribution is 2.28. The van der Waals surface area contributed by atoms with Crippen LogP contribution in [0, 0.1) is 5.92 Å². The summed E-state index contributed by atoms with van der Waals surface area (Å²) >= 11 is 0. The molecule has 4 heterocycles. The number of carbonyl (C=O) groups is 1. The number of nitrogens with zero attached hydrogens (tertiary/aromatic N) is 2. The van der Waals surface area contributed by atoms with E-state index in [0.717, 1.165) is 25.4 Å². The van der Waals surface area contributed by atoms with Gasteiger partial charge in [0.2, 0.25) is 0 Å². The van der Waals surface area contributed by atoms with Gasteiger partial charge in [0.05, 0.1) is 0 Å². The molecule has 0 radical (unpaired) electrons. The Morgan fingerprint density at radius 1 is 1.10 bits per heavy atom. The van der Waals surface area contributed by atoms with Crippen molar-refractivity contribution in [3.63, 3.8) is 0 Å². The minimum absolute atomic E-state index is 0.166. The molecule has 0 aromatic carbocycles. The van der Waals surface area contributed by atoms with Crippen molar-refractivity contribution in [2.75, 3.05) is 32.7 Å². The van der Waals surface area contributed by atoms with Crippen LogP contribution in [0.15, 0.2) is 0 Å². The molecule has 1 N–H and O–H groups in total. The Hall–Kier alpha value is -0.810. The molecule has 4 saturated heterocycles. The van der Waals surface area contributed by atoms with Crippen molar-refractivity contribution in [2.45, 2.75) is 57.7 Å². The average Bonchev–Trinajstić information content (AvgIpc) is 2.87. The number of nitrogens with one attached hydrogen (secondary N) is 1. The van der Waals surface area contributed by atoms with Crippen molar-refractivity contribution in [3.8, 4) is 0 Å². The van der Waals surface area contributed by atoms with Gasteiger partial charge in [0.1, 0.15) is 5.60 Å². The van der Waals surface area contributed by atoms with Crippen LogP contribution in [0.25, 0.3) is 0 Å². The second-order valence-electron chi connectivity index (χ2n) is 7.82. The van der Waals surface area contributed by atoms with E-state index in [1.54, 1.807) is 0 Å². The van der Waals surface area contributed by atoms with Crippen LogP contribution in [0.2, 0.25) is 0 Å². The van der Waals surface area contributed by atoms with E-state index in [-0.39, 0.29) is 6.09 Å². The normalized spacial score (nSPS) is 36.0. The van der Waals surface area contributed by atoms with E-state index in [9.17, 15) is 4.79 Å². The molecule has 2 bridgehead atoms. The van der Waals surface area contributed by atoms with Crippen LogP contribution in [0.4, 0.5) is 4.79 Å². The van der Waals surface area contributed by atoms with E-state index in [0.29, 0.717) is 12.1 Å². The molecule has 4 fully saturated rings. The lowest BCUT2D eigenvalue weighted by atomic mass is 9.83. The molecular weight excluding hydrogens is 266 g/mol. The Morgan fingerprint density at radius 3 is 2.38 bits per heavy atom. The molecule has 120 valence electrons. The third-order valence-electron chi connectivity index (χ3n) is 4.95. The molecule has 4 rings (SSSR count). The zero-order chi connectivity index (χ0) is 15.0. The van der Waals surface area contributed by atoms with Crippen LogP contribution in [0.3, 0.4) is 0 Å². The molecule has 0 aliphatic carbocycles. The van der Waals surface area contributed by atoms with E-state index in [1.165, 1.54) is 32.5 Å². The molecule has 5 nitrogen and oxygen atoms in total. The topological polar surface area (TPSA) is 44.8 Å². The molecule has 0 aromatic heterocycles. The van der Waals surface area contributed by atoms with Crippen LogP contribution in [-0.4, -0.2) is 66.3 Å². The molecule has 5 heteroatoms. The minimum Gasteiger partial charge on any atom is -0.444 e. The summed E-state index contributed by atoms with van der Waals surface area (Å²) in [6, 6.07) is 1.05. The Bertz CT molecular complexity index is 385. The quantitative estimate of drug-likeness (QED) is 0.842. The SMILES string of the molecule is CC(C)(C)OC(=O)N1CCC(NC2CN3CCC2CC3)C1. The van der Waals surface area contributed by atoms with Gasteiger partial charge in [-0.05, 0) is 59.0 Å². The summed E-state index contributed by atoms with van der Waals surface area (Å²) in [6.45, 7) is 11.1. The van der Waals surface area contributed by atoms with Gasteiger partial charge in [0, 0.05) is 31.7 Å². The van der Waals surface area contributed by atoms with Gasteiger partial charge in [-0.1, -0.05) is 0 Å². The lowest BCUT2D eigenvalue weighted by molar-refractivity contribution is 0.0284. The summed E-state index contributed by atoms with van der Waals surface area (Å²) in [6.07, 6.45) is 3.55. The lowest BCUT2D eigenvalue weighted by Gasteiger charge is -2.46. The molecule has 0 spiro atoms. The van der Waals surface area contributed by atoms with E-state index < -0.39 is 5.60 Å². The number of hydrogen-bond acceptors (Lipinski definition) is 4. The summed E-state index contributed by atoms with van der Waals surface area (Å²) in [5, 5.41) is 3.81. The van der Waals surface area contributed by atoms with Crippen LogP contribution in [0.1, 0.15) is 40.0 Å². The third kappa shape index (κ3) is 3.69. The number of rotatable bonds is 2. The van der Waals surface area contributed by atoms with Gasteiger partial charge in [-0.25, -0.2) is 4.79 Å². The van der Waals surface area contributed by atoms with Crippen molar-refractivity contribution in [1.82, 2.24) is 15.1 Å². The summed E-state index contributed by atoms with van der Waals surface area (Å²) in [4.78, 5) is 16.5. The Morgan fingerprint density at radius 2 is 1.81 bits per heavy atom. The number of piperidine rings is 3. The van der Waals surface area contributed by atoms with Crippen LogP contribution >= 0.6 is 0 Å². The second-order valence-corrected chi connectivity index (χ2v) is 7.82. The highest BCUT2D eigenvalue weighted by molar-refractivity contribution is 5.68. The van der Waals surface area contributed by atoms with Crippen molar-refractivity contribution in [1.29, 1.82) is 0 Å². The van der Waals surface area contributed by atoms with Gasteiger partial charge in [-0.15, -0.1) is 0 Å². The number of carbonyl (C=O) groups excluding carboxylic acids is 1. The fraction of sp³-hybridized carbons (Fsp3) is 0.938. The molecule has 4 aliphatic rings. The number of amides is 1. The summed E-state index contributed by atoms with van der Waals surface area (Å²) in [7, 11) is 0. The first-order chi connectivity index (χ1) is 9.90. The largest absolute Gasteiger partial charge is 0.444 e. The molecule has 2 atom stereocenters. The Labute approximate surface area is 128 Å².